The second kappa shape index (κ2) is 7.80. The lowest BCUT2D eigenvalue weighted by Crippen LogP contribution is -2.31. The summed E-state index contributed by atoms with van der Waals surface area (Å²) in [4.78, 5) is 12.3. The molecule has 0 aliphatic carbocycles. The maximum atomic E-state index is 12.9. The molecule has 1 aromatic carbocycles. The van der Waals surface area contributed by atoms with E-state index in [0.29, 0.717) is 0 Å². The summed E-state index contributed by atoms with van der Waals surface area (Å²) in [5.74, 6) is -0.534. The molecule has 0 aliphatic rings. The van der Waals surface area contributed by atoms with Crippen LogP contribution in [0.1, 0.15) is 26.9 Å². The fourth-order valence-corrected chi connectivity index (χ4v) is 5.29. The second-order valence-corrected chi connectivity index (χ2v) is 9.07. The minimum Gasteiger partial charge on any atom is -0.468 e. The molecule has 3 aromatic rings. The molecule has 1 amide bonds. The zero-order valence-corrected chi connectivity index (χ0v) is 15.8. The molecule has 0 spiro atoms. The number of rotatable bonds is 6. The largest absolute Gasteiger partial charge is 0.468 e. The van der Waals surface area contributed by atoms with Gasteiger partial charge in [0.15, 0.2) is 9.84 Å². The molecular formula is C18H14F3NO4S2. The van der Waals surface area contributed by atoms with Crippen LogP contribution in [-0.2, 0) is 16.0 Å². The molecule has 0 fully saturated rings. The van der Waals surface area contributed by atoms with E-state index < -0.39 is 32.7 Å². The minimum absolute atomic E-state index is 0.0142. The maximum Gasteiger partial charge on any atom is 0.416 e. The summed E-state index contributed by atoms with van der Waals surface area (Å²) in [5.41, 5.74) is -0.891. The first-order chi connectivity index (χ1) is 13.2. The van der Waals surface area contributed by atoms with Gasteiger partial charge in [0.25, 0.3) is 5.91 Å². The Bertz CT molecular complexity index is 1030. The van der Waals surface area contributed by atoms with Gasteiger partial charge in [0, 0.05) is 12.1 Å². The van der Waals surface area contributed by atoms with Crippen molar-refractivity contribution in [2.24, 2.45) is 0 Å². The van der Waals surface area contributed by atoms with E-state index in [2.05, 4.69) is 5.32 Å². The predicted molar refractivity (Wildman–Crippen MR) is 96.7 cm³/mol. The summed E-state index contributed by atoms with van der Waals surface area (Å²) >= 11 is 1.04. The Hall–Kier alpha value is -2.59. The third-order valence-corrected chi connectivity index (χ3v) is 7.43. The van der Waals surface area contributed by atoms with E-state index in [9.17, 15) is 26.4 Å². The Morgan fingerprint density at radius 2 is 1.82 bits per heavy atom. The summed E-state index contributed by atoms with van der Waals surface area (Å²) in [6, 6.07) is 9.72. The van der Waals surface area contributed by atoms with Crippen molar-refractivity contribution in [2.75, 3.05) is 6.54 Å². The topological polar surface area (TPSA) is 76.4 Å². The van der Waals surface area contributed by atoms with Crippen LogP contribution >= 0.6 is 11.3 Å². The van der Waals surface area contributed by atoms with E-state index in [1.165, 1.54) is 24.5 Å². The summed E-state index contributed by atoms with van der Waals surface area (Å²) < 4.78 is 68.9. The molecule has 1 N–H and O–H groups in total. The molecular weight excluding hydrogens is 415 g/mol. The lowest BCUT2D eigenvalue weighted by molar-refractivity contribution is -0.137. The molecule has 2 heterocycles. The summed E-state index contributed by atoms with van der Waals surface area (Å²) in [5, 5.41) is 2.91. The van der Waals surface area contributed by atoms with Gasteiger partial charge in [0.2, 0.25) is 0 Å². The van der Waals surface area contributed by atoms with Gasteiger partial charge in [-0.05, 0) is 47.8 Å². The Morgan fingerprint density at radius 3 is 2.36 bits per heavy atom. The van der Waals surface area contributed by atoms with Gasteiger partial charge in [-0.3, -0.25) is 4.79 Å². The Balaban J connectivity index is 1.78. The van der Waals surface area contributed by atoms with Crippen molar-refractivity contribution in [3.8, 4) is 0 Å². The molecule has 148 valence electrons. The van der Waals surface area contributed by atoms with Crippen molar-refractivity contribution in [2.45, 2.75) is 15.6 Å². The average Bonchev–Trinajstić information content (AvgIpc) is 3.35. The standard InChI is InChI=1S/C18H14F3NO4S2/c19-18(20,21)13-7-5-12(6-8-13)17(23)22-11-15(14-3-1-9-26-14)28(24,25)16-4-2-10-27-16/h1-10,15H,11H2,(H,22,23)/t15-/m0/s1. The average molecular weight is 429 g/mol. The second-order valence-electron chi connectivity index (χ2n) is 5.77. The smallest absolute Gasteiger partial charge is 0.416 e. The third kappa shape index (κ3) is 4.28. The fourth-order valence-electron chi connectivity index (χ4n) is 2.50. The first-order valence-corrected chi connectivity index (χ1v) is 10.4. The number of alkyl halides is 3. The number of halogens is 3. The van der Waals surface area contributed by atoms with Crippen LogP contribution in [0, 0.1) is 0 Å². The molecule has 3 rings (SSSR count). The van der Waals surface area contributed by atoms with Crippen molar-refractivity contribution in [3.05, 3.63) is 77.1 Å². The highest BCUT2D eigenvalue weighted by atomic mass is 32.2. The van der Waals surface area contributed by atoms with Crippen LogP contribution in [0.5, 0.6) is 0 Å². The fraction of sp³-hybridized carbons (Fsp3) is 0.167. The molecule has 0 saturated carbocycles. The van der Waals surface area contributed by atoms with Gasteiger partial charge in [-0.25, -0.2) is 8.42 Å². The van der Waals surface area contributed by atoms with Gasteiger partial charge >= 0.3 is 6.18 Å². The normalized spacial score (nSPS) is 13.2. The lowest BCUT2D eigenvalue weighted by atomic mass is 10.1. The van der Waals surface area contributed by atoms with Crippen LogP contribution in [0.25, 0.3) is 0 Å². The zero-order chi connectivity index (χ0) is 20.4. The van der Waals surface area contributed by atoms with E-state index in [1.54, 1.807) is 11.4 Å². The lowest BCUT2D eigenvalue weighted by Gasteiger charge is -2.16. The van der Waals surface area contributed by atoms with Crippen LogP contribution in [0.15, 0.2) is 68.8 Å². The van der Waals surface area contributed by atoms with E-state index in [1.807, 2.05) is 0 Å². The van der Waals surface area contributed by atoms with Gasteiger partial charge in [-0.15, -0.1) is 11.3 Å². The van der Waals surface area contributed by atoms with Gasteiger partial charge in [0.05, 0.1) is 11.8 Å². The van der Waals surface area contributed by atoms with Crippen LogP contribution < -0.4 is 5.32 Å². The van der Waals surface area contributed by atoms with E-state index in [-0.39, 0.29) is 22.1 Å². The van der Waals surface area contributed by atoms with E-state index in [4.69, 9.17) is 4.42 Å². The molecule has 0 saturated heterocycles. The van der Waals surface area contributed by atoms with Gasteiger partial charge < -0.3 is 9.73 Å². The Kier molecular flexibility index (Phi) is 5.61. The predicted octanol–water partition coefficient (Wildman–Crippen LogP) is 4.30. The van der Waals surface area contributed by atoms with Crippen LogP contribution in [0.4, 0.5) is 13.2 Å². The molecule has 28 heavy (non-hydrogen) atoms. The SMILES string of the molecule is O=C(NC[C@@H](c1ccco1)S(=O)(=O)c1cccs1)c1ccc(C(F)(F)F)cc1. The molecule has 5 nitrogen and oxygen atoms in total. The van der Waals surface area contributed by atoms with Crippen LogP contribution in [0.2, 0.25) is 0 Å². The quantitative estimate of drug-likeness (QED) is 0.634. The first kappa shape index (κ1) is 20.2. The van der Waals surface area contributed by atoms with Crippen molar-refractivity contribution in [3.63, 3.8) is 0 Å². The summed E-state index contributed by atoms with van der Waals surface area (Å²) in [6.45, 7) is -0.298. The number of nitrogens with one attached hydrogen (secondary N) is 1. The third-order valence-electron chi connectivity index (χ3n) is 3.93. The first-order valence-electron chi connectivity index (χ1n) is 7.96. The Labute approximate surface area is 162 Å². The number of thiophene rings is 1. The molecule has 10 heteroatoms. The Morgan fingerprint density at radius 1 is 1.11 bits per heavy atom. The number of hydrogen-bond acceptors (Lipinski definition) is 5. The molecule has 0 bridgehead atoms. The summed E-state index contributed by atoms with van der Waals surface area (Å²) in [6.07, 6.45) is -3.18. The minimum atomic E-state index is -4.51. The van der Waals surface area contributed by atoms with Crippen molar-refractivity contribution < 1.29 is 30.8 Å². The zero-order valence-electron chi connectivity index (χ0n) is 14.1. The van der Waals surface area contributed by atoms with Crippen LogP contribution in [-0.4, -0.2) is 20.9 Å². The number of hydrogen-bond donors (Lipinski definition) is 1. The number of carbonyl (C=O) groups excluding carboxylic acids is 1. The molecule has 0 unspecified atom stereocenters. The van der Waals surface area contributed by atoms with Crippen molar-refractivity contribution >= 4 is 27.1 Å². The molecule has 0 aliphatic heterocycles. The van der Waals surface area contributed by atoms with Gasteiger partial charge in [-0.1, -0.05) is 6.07 Å². The van der Waals surface area contributed by atoms with Gasteiger partial charge in [0.1, 0.15) is 15.2 Å². The number of sulfone groups is 1. The maximum absolute atomic E-state index is 12.9. The number of carbonyl (C=O) groups is 1. The molecule has 2 aromatic heterocycles. The highest BCUT2D eigenvalue weighted by Gasteiger charge is 2.33. The highest BCUT2D eigenvalue weighted by Crippen LogP contribution is 2.32. The van der Waals surface area contributed by atoms with Crippen molar-refractivity contribution in [1.29, 1.82) is 0 Å². The monoisotopic (exact) mass is 429 g/mol. The highest BCUT2D eigenvalue weighted by molar-refractivity contribution is 7.93. The molecule has 0 radical (unpaired) electrons. The van der Waals surface area contributed by atoms with E-state index in [0.717, 1.165) is 35.6 Å². The number of benzene rings is 1. The van der Waals surface area contributed by atoms with Crippen molar-refractivity contribution in [1.82, 2.24) is 5.32 Å². The number of amides is 1. The van der Waals surface area contributed by atoms with Crippen LogP contribution in [0.3, 0.4) is 0 Å². The number of furan rings is 1. The van der Waals surface area contributed by atoms with Gasteiger partial charge in [-0.2, -0.15) is 13.2 Å². The molecule has 1 atom stereocenters. The summed E-state index contributed by atoms with van der Waals surface area (Å²) in [7, 11) is -3.82. The van der Waals surface area contributed by atoms with E-state index >= 15 is 0 Å².